The van der Waals surface area contributed by atoms with Gasteiger partial charge in [-0.15, -0.1) is 0 Å². The second kappa shape index (κ2) is 6.78. The molecule has 0 aliphatic heterocycles. The number of benzene rings is 1. The predicted octanol–water partition coefficient (Wildman–Crippen LogP) is 3.08. The second-order valence-electron chi connectivity index (χ2n) is 5.39. The summed E-state index contributed by atoms with van der Waals surface area (Å²) in [6.07, 6.45) is 1.98. The molecule has 0 spiro atoms. The molecule has 0 saturated heterocycles. The second-order valence-corrected chi connectivity index (χ2v) is 5.87. The average Bonchev–Trinajstić information content (AvgIpc) is 2.48. The zero-order valence-corrected chi connectivity index (χ0v) is 13.0. The molecular formula is C15H15ClN2O5. The molecule has 1 aliphatic carbocycles. The van der Waals surface area contributed by atoms with Crippen molar-refractivity contribution in [2.45, 2.75) is 19.8 Å². The topological polar surface area (TPSA) is 110 Å². The van der Waals surface area contributed by atoms with Crippen molar-refractivity contribution in [3.63, 3.8) is 0 Å². The zero-order chi connectivity index (χ0) is 17.1. The summed E-state index contributed by atoms with van der Waals surface area (Å²) in [6.45, 7) is 1.63. The summed E-state index contributed by atoms with van der Waals surface area (Å²) in [7, 11) is 0. The number of non-ortho nitro benzene ring substituents is 1. The number of carboxylic acids is 1. The van der Waals surface area contributed by atoms with Gasteiger partial charge in [0.2, 0.25) is 5.91 Å². The molecule has 122 valence electrons. The molecule has 0 fully saturated rings. The lowest BCUT2D eigenvalue weighted by Gasteiger charge is -2.26. The minimum Gasteiger partial charge on any atom is -0.481 e. The fourth-order valence-electron chi connectivity index (χ4n) is 2.53. The van der Waals surface area contributed by atoms with E-state index in [1.165, 1.54) is 18.2 Å². The third-order valence-corrected chi connectivity index (χ3v) is 4.14. The van der Waals surface area contributed by atoms with Gasteiger partial charge in [0.15, 0.2) is 0 Å². The molecule has 1 aromatic rings. The molecule has 2 atom stereocenters. The maximum absolute atomic E-state index is 12.4. The van der Waals surface area contributed by atoms with Crippen LogP contribution in [0.3, 0.4) is 0 Å². The van der Waals surface area contributed by atoms with Crippen LogP contribution in [0.15, 0.2) is 29.3 Å². The summed E-state index contributed by atoms with van der Waals surface area (Å²) >= 11 is 5.93. The number of carboxylic acid groups (broad SMARTS) is 1. The van der Waals surface area contributed by atoms with Gasteiger partial charge in [-0.1, -0.05) is 17.7 Å². The van der Waals surface area contributed by atoms with Gasteiger partial charge in [-0.2, -0.15) is 0 Å². The number of amides is 1. The van der Waals surface area contributed by atoms with Crippen molar-refractivity contribution < 1.29 is 19.6 Å². The largest absolute Gasteiger partial charge is 0.481 e. The summed E-state index contributed by atoms with van der Waals surface area (Å²) < 4.78 is 0. The van der Waals surface area contributed by atoms with Crippen LogP contribution in [-0.2, 0) is 9.59 Å². The van der Waals surface area contributed by atoms with Gasteiger partial charge >= 0.3 is 5.97 Å². The molecule has 1 amide bonds. The Balaban J connectivity index is 2.19. The minimum atomic E-state index is -1.05. The first-order chi connectivity index (χ1) is 10.8. The molecule has 7 nitrogen and oxygen atoms in total. The third kappa shape index (κ3) is 3.87. The van der Waals surface area contributed by atoms with E-state index in [-0.39, 0.29) is 18.5 Å². The van der Waals surface area contributed by atoms with E-state index >= 15 is 0 Å². The van der Waals surface area contributed by atoms with Crippen molar-refractivity contribution in [2.75, 3.05) is 5.32 Å². The van der Waals surface area contributed by atoms with E-state index in [0.29, 0.717) is 16.3 Å². The fraction of sp³-hybridized carbons (Fsp3) is 0.333. The number of nitrogens with one attached hydrogen (secondary N) is 1. The van der Waals surface area contributed by atoms with Crippen LogP contribution in [0.4, 0.5) is 11.4 Å². The lowest BCUT2D eigenvalue weighted by molar-refractivity contribution is -0.384. The Morgan fingerprint density at radius 3 is 2.65 bits per heavy atom. The smallest absolute Gasteiger partial charge is 0.307 e. The van der Waals surface area contributed by atoms with Gasteiger partial charge in [-0.25, -0.2) is 0 Å². The first-order valence-electron chi connectivity index (χ1n) is 6.93. The zero-order valence-electron chi connectivity index (χ0n) is 12.3. The molecule has 0 aromatic heterocycles. The maximum Gasteiger partial charge on any atom is 0.307 e. The Morgan fingerprint density at radius 2 is 2.09 bits per heavy atom. The van der Waals surface area contributed by atoms with Crippen LogP contribution in [0.25, 0.3) is 0 Å². The van der Waals surface area contributed by atoms with Gasteiger partial charge in [-0.05, 0) is 31.4 Å². The number of halogens is 1. The van der Waals surface area contributed by atoms with E-state index in [0.717, 1.165) is 0 Å². The molecule has 0 saturated carbocycles. The Kier molecular flexibility index (Phi) is 5.00. The molecule has 2 N–H and O–H groups in total. The van der Waals surface area contributed by atoms with Crippen LogP contribution in [0.5, 0.6) is 0 Å². The van der Waals surface area contributed by atoms with Crippen LogP contribution >= 0.6 is 11.6 Å². The number of allylic oxidation sites excluding steroid dienone is 2. The number of carbonyl (C=O) groups is 2. The molecule has 0 heterocycles. The molecular weight excluding hydrogens is 324 g/mol. The van der Waals surface area contributed by atoms with E-state index in [1.54, 1.807) is 13.0 Å². The van der Waals surface area contributed by atoms with Crippen LogP contribution in [0.1, 0.15) is 18.4 Å². The molecule has 0 bridgehead atoms. The van der Waals surface area contributed by atoms with Gasteiger partial charge in [-0.3, -0.25) is 19.7 Å². The standard InChI is InChI=1S/C15H15ClN2O5/c1-8-6-10(18(22)23)3-5-13(8)17-14(19)12-7-9(16)2-4-11(12)15(20)21/h2-3,5-6,11-12H,4,7H2,1H3,(H,17,19)(H,20,21)/t11-,12-/m1/s1. The van der Waals surface area contributed by atoms with Gasteiger partial charge in [0.05, 0.1) is 16.8 Å². The van der Waals surface area contributed by atoms with E-state index in [4.69, 9.17) is 11.6 Å². The molecule has 8 heteroatoms. The van der Waals surface area contributed by atoms with Crippen molar-refractivity contribution in [1.29, 1.82) is 0 Å². The quantitative estimate of drug-likeness (QED) is 0.647. The SMILES string of the molecule is Cc1cc([N+](=O)[O-])ccc1NC(=O)[C@@H]1CC(Cl)=CC[C@H]1C(=O)O. The van der Waals surface area contributed by atoms with Crippen molar-refractivity contribution in [2.24, 2.45) is 11.8 Å². The number of rotatable bonds is 4. The molecule has 0 unspecified atom stereocenters. The minimum absolute atomic E-state index is 0.0763. The molecule has 2 rings (SSSR count). The lowest BCUT2D eigenvalue weighted by atomic mass is 9.82. The Morgan fingerprint density at radius 1 is 1.39 bits per heavy atom. The lowest BCUT2D eigenvalue weighted by Crippen LogP contribution is -2.35. The first-order valence-corrected chi connectivity index (χ1v) is 7.30. The van der Waals surface area contributed by atoms with Gasteiger partial charge in [0.1, 0.15) is 0 Å². The van der Waals surface area contributed by atoms with Gasteiger partial charge in [0.25, 0.3) is 5.69 Å². The van der Waals surface area contributed by atoms with Crippen molar-refractivity contribution >= 4 is 34.9 Å². The van der Waals surface area contributed by atoms with Crippen LogP contribution in [-0.4, -0.2) is 21.9 Å². The van der Waals surface area contributed by atoms with Crippen LogP contribution < -0.4 is 5.32 Å². The number of hydrogen-bond donors (Lipinski definition) is 2. The number of aliphatic carboxylic acids is 1. The Labute approximate surface area is 137 Å². The summed E-state index contributed by atoms with van der Waals surface area (Å²) in [6, 6.07) is 4.06. The monoisotopic (exact) mass is 338 g/mol. The summed E-state index contributed by atoms with van der Waals surface area (Å²) in [5, 5.41) is 23.1. The Hall–Kier alpha value is -2.41. The van der Waals surface area contributed by atoms with Gasteiger partial charge in [0, 0.05) is 22.9 Å². The number of anilines is 1. The number of carbonyl (C=O) groups excluding carboxylic acids is 1. The van der Waals surface area contributed by atoms with Crippen LogP contribution in [0.2, 0.25) is 0 Å². The number of hydrogen-bond acceptors (Lipinski definition) is 4. The summed E-state index contributed by atoms with van der Waals surface area (Å²) in [4.78, 5) is 33.9. The highest BCUT2D eigenvalue weighted by molar-refractivity contribution is 6.29. The highest BCUT2D eigenvalue weighted by Crippen LogP contribution is 2.33. The van der Waals surface area contributed by atoms with Crippen molar-refractivity contribution in [3.8, 4) is 0 Å². The number of nitro groups is 1. The van der Waals surface area contributed by atoms with Crippen LogP contribution in [0, 0.1) is 28.9 Å². The van der Waals surface area contributed by atoms with E-state index in [1.807, 2.05) is 0 Å². The van der Waals surface area contributed by atoms with Gasteiger partial charge < -0.3 is 10.4 Å². The van der Waals surface area contributed by atoms with Crippen molar-refractivity contribution in [1.82, 2.24) is 0 Å². The maximum atomic E-state index is 12.4. The van der Waals surface area contributed by atoms with E-state index in [9.17, 15) is 24.8 Å². The first kappa shape index (κ1) is 17.0. The average molecular weight is 339 g/mol. The highest BCUT2D eigenvalue weighted by atomic mass is 35.5. The number of nitro benzene ring substituents is 1. The van der Waals surface area contributed by atoms with E-state index in [2.05, 4.69) is 5.32 Å². The highest BCUT2D eigenvalue weighted by Gasteiger charge is 2.36. The molecule has 0 radical (unpaired) electrons. The molecule has 1 aromatic carbocycles. The fourth-order valence-corrected chi connectivity index (χ4v) is 2.79. The normalized spacial score (nSPS) is 20.5. The third-order valence-electron chi connectivity index (χ3n) is 3.83. The van der Waals surface area contributed by atoms with Crippen molar-refractivity contribution in [3.05, 3.63) is 45.0 Å². The van der Waals surface area contributed by atoms with E-state index < -0.39 is 28.6 Å². The number of nitrogens with zero attached hydrogens (tertiary/aromatic N) is 1. The Bertz CT molecular complexity index is 701. The summed E-state index contributed by atoms with van der Waals surface area (Å²) in [5.74, 6) is -3.12. The summed E-state index contributed by atoms with van der Waals surface area (Å²) in [5.41, 5.74) is 0.861. The predicted molar refractivity (Wildman–Crippen MR) is 84.2 cm³/mol. The number of aryl methyl sites for hydroxylation is 1. The molecule has 23 heavy (non-hydrogen) atoms. The molecule has 1 aliphatic rings.